The molecule has 1 unspecified atom stereocenters. The minimum Gasteiger partial charge on any atom is -0.325 e. The van der Waals surface area contributed by atoms with Gasteiger partial charge in [-0.05, 0) is 44.2 Å². The summed E-state index contributed by atoms with van der Waals surface area (Å²) in [6, 6.07) is 0. The zero-order chi connectivity index (χ0) is 26.3. The first kappa shape index (κ1) is 27.5. The summed E-state index contributed by atoms with van der Waals surface area (Å²) < 4.78 is 32.8. The zero-order valence-electron chi connectivity index (χ0n) is 21.6. The Bertz CT molecular complexity index is 1110. The van der Waals surface area contributed by atoms with E-state index in [2.05, 4.69) is 23.7 Å². The van der Waals surface area contributed by atoms with Crippen molar-refractivity contribution < 1.29 is 27.4 Å². The van der Waals surface area contributed by atoms with Gasteiger partial charge in [-0.2, -0.15) is 8.42 Å². The molecule has 10 nitrogen and oxygen atoms in total. The van der Waals surface area contributed by atoms with Crippen molar-refractivity contribution in [2.45, 2.75) is 60.4 Å². The third-order valence-corrected chi connectivity index (χ3v) is 9.44. The Morgan fingerprint density at radius 3 is 2.31 bits per heavy atom. The molecule has 1 N–H and O–H groups in total. The summed E-state index contributed by atoms with van der Waals surface area (Å²) in [6.45, 7) is 13.3. The number of anilines is 1. The van der Waals surface area contributed by atoms with Gasteiger partial charge in [0.1, 0.15) is 17.4 Å². The van der Waals surface area contributed by atoms with E-state index < -0.39 is 27.2 Å². The largest absolute Gasteiger partial charge is 0.325 e. The number of hydrogen-bond donors (Lipinski definition) is 1. The van der Waals surface area contributed by atoms with E-state index in [-0.39, 0.29) is 28.8 Å². The van der Waals surface area contributed by atoms with E-state index in [9.17, 15) is 22.8 Å². The second-order valence-electron chi connectivity index (χ2n) is 10.5. The fraction of sp³-hybridized carbons (Fsp3) is 0.750. The quantitative estimate of drug-likeness (QED) is 0.437. The second kappa shape index (κ2) is 9.74. The summed E-state index contributed by atoms with van der Waals surface area (Å²) >= 11 is 0. The molecule has 1 aliphatic heterocycles. The molecule has 2 bridgehead atoms. The van der Waals surface area contributed by atoms with Crippen LogP contribution in [0.5, 0.6) is 0 Å². The molecule has 35 heavy (non-hydrogen) atoms. The van der Waals surface area contributed by atoms with Gasteiger partial charge in [0.05, 0.1) is 17.5 Å². The molecule has 2 fully saturated rings. The van der Waals surface area contributed by atoms with E-state index in [1.54, 1.807) is 20.3 Å². The number of nitrogens with zero attached hydrogens (tertiary/aromatic N) is 4. The summed E-state index contributed by atoms with van der Waals surface area (Å²) in [5.74, 6) is -0.540. The monoisotopic (exact) mass is 510 g/mol. The maximum absolute atomic E-state index is 12.3. The minimum atomic E-state index is -4.08. The Morgan fingerprint density at radius 2 is 1.83 bits per heavy atom. The summed E-state index contributed by atoms with van der Waals surface area (Å²) in [6.07, 6.45) is 3.63. The molecule has 0 radical (unpaired) electrons. The normalized spacial score (nSPS) is 27.3. The number of aromatic nitrogens is 2. The predicted octanol–water partition coefficient (Wildman–Crippen LogP) is 2.29. The molecular formula is C24H38N4O6S. The number of ketones is 2. The van der Waals surface area contributed by atoms with Gasteiger partial charge < -0.3 is 9.47 Å². The van der Waals surface area contributed by atoms with Crippen LogP contribution in [-0.2, 0) is 26.3 Å². The zero-order valence-corrected chi connectivity index (χ0v) is 22.4. The number of rotatable bonds is 7. The highest BCUT2D eigenvalue weighted by molar-refractivity contribution is 7.85. The highest BCUT2D eigenvalue weighted by Crippen LogP contribution is 2.64. The first-order valence-electron chi connectivity index (χ1n) is 12.3. The summed E-state index contributed by atoms with van der Waals surface area (Å²) in [4.78, 5) is 44.1. The molecule has 1 aromatic heterocycles. The van der Waals surface area contributed by atoms with Gasteiger partial charge in [0.25, 0.3) is 10.1 Å². The van der Waals surface area contributed by atoms with Gasteiger partial charge in [0.2, 0.25) is 5.91 Å². The van der Waals surface area contributed by atoms with E-state index in [4.69, 9.17) is 4.55 Å². The van der Waals surface area contributed by atoms with Crippen molar-refractivity contribution in [3.05, 3.63) is 12.0 Å². The van der Waals surface area contributed by atoms with Crippen LogP contribution in [0, 0.1) is 22.7 Å². The SMILES string of the molecule is CC1(C)[C@@H]2CC[C@@]1(CS(=O)(=O)O)C(=O)C2.CCN(CC)CCn1cnc2c1C(=O)C(C)C(=O)N2C. The van der Waals surface area contributed by atoms with Crippen LogP contribution in [0.3, 0.4) is 0 Å². The Hall–Kier alpha value is -2.11. The molecule has 2 aliphatic carbocycles. The van der Waals surface area contributed by atoms with E-state index >= 15 is 0 Å². The lowest BCUT2D eigenvalue weighted by Crippen LogP contribution is -2.42. The first-order valence-corrected chi connectivity index (χ1v) is 13.9. The Labute approximate surface area is 207 Å². The first-order chi connectivity index (χ1) is 16.2. The highest BCUT2D eigenvalue weighted by atomic mass is 32.2. The van der Waals surface area contributed by atoms with E-state index in [1.165, 1.54) is 4.90 Å². The van der Waals surface area contributed by atoms with Crippen LogP contribution in [0.4, 0.5) is 5.82 Å². The number of likely N-dealkylation sites (N-methyl/N-ethyl adjacent to an activating group) is 1. The Balaban J connectivity index is 0.000000203. The van der Waals surface area contributed by atoms with Crippen molar-refractivity contribution in [1.82, 2.24) is 14.5 Å². The molecule has 11 heteroatoms. The van der Waals surface area contributed by atoms with Crippen molar-refractivity contribution in [3.8, 4) is 0 Å². The maximum atomic E-state index is 12.3. The van der Waals surface area contributed by atoms with Gasteiger partial charge in [0.15, 0.2) is 11.6 Å². The molecule has 1 aromatic rings. The second-order valence-corrected chi connectivity index (χ2v) is 12.0. The van der Waals surface area contributed by atoms with Gasteiger partial charge in [0, 0.05) is 26.6 Å². The molecule has 2 saturated carbocycles. The smallest absolute Gasteiger partial charge is 0.265 e. The van der Waals surface area contributed by atoms with Crippen molar-refractivity contribution in [3.63, 3.8) is 0 Å². The van der Waals surface area contributed by atoms with E-state index in [0.29, 0.717) is 30.9 Å². The number of Topliss-reactive ketones (excluding diaryl/α,β-unsaturated/α-hetero) is 2. The maximum Gasteiger partial charge on any atom is 0.265 e. The average molecular weight is 511 g/mol. The van der Waals surface area contributed by atoms with Gasteiger partial charge >= 0.3 is 0 Å². The average Bonchev–Trinajstić information content (AvgIpc) is 3.36. The van der Waals surface area contributed by atoms with Crippen LogP contribution in [0.2, 0.25) is 0 Å². The Kier molecular flexibility index (Phi) is 7.65. The lowest BCUT2D eigenvalue weighted by Gasteiger charge is -2.35. The van der Waals surface area contributed by atoms with E-state index in [0.717, 1.165) is 26.1 Å². The van der Waals surface area contributed by atoms with Crippen LogP contribution in [0.15, 0.2) is 6.33 Å². The summed E-state index contributed by atoms with van der Waals surface area (Å²) in [5.41, 5.74) is -0.558. The standard InChI is InChI=1S/C14H22N4O2.C10H16O4S/c1-5-17(6-2)7-8-18-9-15-13-11(18)12(19)10(3)14(20)16(13)4;1-9(2)7-3-4-10(9,8(11)5-7)6-15(12,13)14/h9-10H,5-8H2,1-4H3;7H,3-6H2,1-2H3,(H,12,13,14)/t;7-,10-/m.1/s1. The van der Waals surface area contributed by atoms with Crippen LogP contribution in [-0.4, -0.2) is 77.3 Å². The van der Waals surface area contributed by atoms with Gasteiger partial charge in [-0.1, -0.05) is 27.7 Å². The lowest BCUT2D eigenvalue weighted by molar-refractivity contribution is -0.128. The van der Waals surface area contributed by atoms with Crippen LogP contribution >= 0.6 is 0 Å². The summed E-state index contributed by atoms with van der Waals surface area (Å²) in [7, 11) is -2.40. The third-order valence-electron chi connectivity index (χ3n) is 8.58. The molecule has 0 saturated heterocycles. The van der Waals surface area contributed by atoms with Crippen LogP contribution < -0.4 is 4.90 Å². The van der Waals surface area contributed by atoms with Crippen LogP contribution in [0.1, 0.15) is 64.4 Å². The molecular weight excluding hydrogens is 472 g/mol. The van der Waals surface area contributed by atoms with Gasteiger partial charge in [-0.15, -0.1) is 0 Å². The Morgan fingerprint density at radius 1 is 1.20 bits per heavy atom. The molecule has 196 valence electrons. The van der Waals surface area contributed by atoms with Gasteiger partial charge in [-0.25, -0.2) is 4.98 Å². The number of amides is 1. The molecule has 0 aromatic carbocycles. The number of imidazole rings is 1. The topological polar surface area (TPSA) is 130 Å². The molecule has 4 rings (SSSR count). The lowest BCUT2D eigenvalue weighted by atomic mass is 9.70. The van der Waals surface area contributed by atoms with Crippen molar-refractivity contribution >= 4 is 33.4 Å². The van der Waals surface area contributed by atoms with Crippen molar-refractivity contribution in [2.75, 3.05) is 37.3 Å². The molecule has 3 aliphatic rings. The van der Waals surface area contributed by atoms with E-state index in [1.807, 2.05) is 18.4 Å². The molecule has 2 heterocycles. The van der Waals surface area contributed by atoms with Gasteiger partial charge in [-0.3, -0.25) is 23.8 Å². The number of carbonyl (C=O) groups is 3. The third kappa shape index (κ3) is 4.82. The minimum absolute atomic E-state index is 0.0152. The van der Waals surface area contributed by atoms with Crippen LogP contribution in [0.25, 0.3) is 0 Å². The highest BCUT2D eigenvalue weighted by Gasteiger charge is 2.65. The molecule has 0 spiro atoms. The van der Waals surface area contributed by atoms with Crippen molar-refractivity contribution in [2.24, 2.45) is 22.7 Å². The number of fused-ring (bicyclic) bond motifs is 3. The predicted molar refractivity (Wildman–Crippen MR) is 132 cm³/mol. The summed E-state index contributed by atoms with van der Waals surface area (Å²) in [5, 5.41) is 0. The number of carbonyl (C=O) groups excluding carboxylic acids is 3. The molecule has 3 atom stereocenters. The van der Waals surface area contributed by atoms with Crippen molar-refractivity contribution in [1.29, 1.82) is 0 Å². The fourth-order valence-electron chi connectivity index (χ4n) is 5.96. The fourth-order valence-corrected chi connectivity index (χ4v) is 7.26. The number of hydrogen-bond acceptors (Lipinski definition) is 7. The molecule has 1 amide bonds.